The lowest BCUT2D eigenvalue weighted by Crippen LogP contribution is -2.35. The fourth-order valence-electron chi connectivity index (χ4n) is 2.99. The van der Waals surface area contributed by atoms with E-state index in [0.717, 1.165) is 31.4 Å². The van der Waals surface area contributed by atoms with Crippen LogP contribution in [0.2, 0.25) is 0 Å². The minimum absolute atomic E-state index is 0.181. The highest BCUT2D eigenvalue weighted by Crippen LogP contribution is 2.33. The molecule has 0 fully saturated rings. The predicted molar refractivity (Wildman–Crippen MR) is 85.2 cm³/mol. The number of nitrogens with one attached hydrogen (secondary N) is 1. The smallest absolute Gasteiger partial charge is 0.246 e. The molecule has 1 aromatic rings. The third-order valence-corrected chi connectivity index (χ3v) is 5.14. The van der Waals surface area contributed by atoms with E-state index < -0.39 is 5.41 Å². The van der Waals surface area contributed by atoms with Crippen LogP contribution in [0.25, 0.3) is 0 Å². The van der Waals surface area contributed by atoms with Crippen molar-refractivity contribution in [2.45, 2.75) is 65.2 Å². The van der Waals surface area contributed by atoms with Crippen molar-refractivity contribution in [3.63, 3.8) is 0 Å². The van der Waals surface area contributed by atoms with Crippen molar-refractivity contribution in [1.82, 2.24) is 4.98 Å². The zero-order valence-electron chi connectivity index (χ0n) is 12.9. The molecule has 0 saturated heterocycles. The summed E-state index contributed by atoms with van der Waals surface area (Å²) in [6.45, 7) is 4.02. The van der Waals surface area contributed by atoms with Gasteiger partial charge in [-0.05, 0) is 38.5 Å². The molecule has 21 heavy (non-hydrogen) atoms. The molecular formula is C16H23N3OS. The van der Waals surface area contributed by atoms with E-state index in [2.05, 4.69) is 16.4 Å². The third kappa shape index (κ3) is 3.44. The molecule has 0 aromatic carbocycles. The average Bonchev–Trinajstić information content (AvgIpc) is 2.88. The summed E-state index contributed by atoms with van der Waals surface area (Å²) < 4.78 is 0. The van der Waals surface area contributed by atoms with Crippen LogP contribution >= 0.6 is 11.3 Å². The van der Waals surface area contributed by atoms with Crippen LogP contribution in [0.4, 0.5) is 5.13 Å². The summed E-state index contributed by atoms with van der Waals surface area (Å²) in [5, 5.41) is 13.1. The SMILES string of the molecule is CCCC(C#N)(CCC)C(=O)Nc1nc2c(s1)CCCC2. The zero-order valence-corrected chi connectivity index (χ0v) is 13.7. The molecule has 114 valence electrons. The van der Waals surface area contributed by atoms with Crippen molar-refractivity contribution in [3.05, 3.63) is 10.6 Å². The van der Waals surface area contributed by atoms with Gasteiger partial charge in [-0.1, -0.05) is 26.7 Å². The number of amides is 1. The van der Waals surface area contributed by atoms with Crippen LogP contribution in [-0.2, 0) is 17.6 Å². The number of carbonyl (C=O) groups excluding carboxylic acids is 1. The van der Waals surface area contributed by atoms with Crippen LogP contribution in [-0.4, -0.2) is 10.9 Å². The van der Waals surface area contributed by atoms with Gasteiger partial charge in [-0.25, -0.2) is 4.98 Å². The zero-order chi connectivity index (χ0) is 15.3. The number of hydrogen-bond donors (Lipinski definition) is 1. The molecule has 0 bridgehead atoms. The summed E-state index contributed by atoms with van der Waals surface area (Å²) in [4.78, 5) is 18.4. The van der Waals surface area contributed by atoms with Crippen LogP contribution in [0.15, 0.2) is 0 Å². The van der Waals surface area contributed by atoms with E-state index in [1.807, 2.05) is 13.8 Å². The number of carbonyl (C=O) groups is 1. The normalized spacial score (nSPS) is 14.3. The Bertz CT molecular complexity index is 515. The lowest BCUT2D eigenvalue weighted by Gasteiger charge is -2.23. The maximum atomic E-state index is 12.6. The highest BCUT2D eigenvalue weighted by Gasteiger charge is 2.37. The van der Waals surface area contributed by atoms with E-state index >= 15 is 0 Å². The summed E-state index contributed by atoms with van der Waals surface area (Å²) in [5.74, 6) is -0.181. The molecule has 0 saturated carbocycles. The van der Waals surface area contributed by atoms with Crippen molar-refractivity contribution >= 4 is 22.4 Å². The van der Waals surface area contributed by atoms with Gasteiger partial charge in [0.05, 0.1) is 11.8 Å². The fourth-order valence-corrected chi connectivity index (χ4v) is 4.04. The lowest BCUT2D eigenvalue weighted by molar-refractivity contribution is -0.123. The summed E-state index contributed by atoms with van der Waals surface area (Å²) in [5.41, 5.74) is 0.227. The van der Waals surface area contributed by atoms with E-state index in [-0.39, 0.29) is 5.91 Å². The monoisotopic (exact) mass is 305 g/mol. The molecule has 1 N–H and O–H groups in total. The first kappa shape index (κ1) is 16.0. The highest BCUT2D eigenvalue weighted by atomic mass is 32.1. The number of thiazole rings is 1. The van der Waals surface area contributed by atoms with Gasteiger partial charge in [0.15, 0.2) is 5.13 Å². The van der Waals surface area contributed by atoms with Crippen molar-refractivity contribution < 1.29 is 4.79 Å². The van der Waals surface area contributed by atoms with E-state index in [1.165, 1.54) is 17.7 Å². The molecule has 0 spiro atoms. The second-order valence-corrected chi connectivity index (χ2v) is 6.83. The summed E-state index contributed by atoms with van der Waals surface area (Å²) in [6, 6.07) is 2.26. The number of nitriles is 1. The van der Waals surface area contributed by atoms with Gasteiger partial charge in [-0.15, -0.1) is 11.3 Å². The minimum atomic E-state index is -0.907. The Hall–Kier alpha value is -1.41. The number of aromatic nitrogens is 1. The molecule has 0 aliphatic heterocycles. The van der Waals surface area contributed by atoms with Gasteiger partial charge in [0, 0.05) is 4.88 Å². The molecule has 2 rings (SSSR count). The summed E-state index contributed by atoms with van der Waals surface area (Å²) in [7, 11) is 0. The fraction of sp³-hybridized carbons (Fsp3) is 0.688. The van der Waals surface area contributed by atoms with Gasteiger partial charge in [0.25, 0.3) is 0 Å². The van der Waals surface area contributed by atoms with E-state index in [4.69, 9.17) is 0 Å². The molecule has 0 atom stereocenters. The molecule has 1 aliphatic rings. The third-order valence-electron chi connectivity index (χ3n) is 4.07. The minimum Gasteiger partial charge on any atom is -0.301 e. The first-order valence-corrected chi connectivity index (χ1v) is 8.68. The Kier molecular flexibility index (Phi) is 5.35. The number of fused-ring (bicyclic) bond motifs is 1. The second kappa shape index (κ2) is 7.04. The standard InChI is InChI=1S/C16H23N3OS/c1-3-9-16(11-17,10-4-2)14(20)19-15-18-12-7-5-6-8-13(12)21-15/h3-10H2,1-2H3,(H,18,19,20). The Labute approximate surface area is 130 Å². The van der Waals surface area contributed by atoms with E-state index in [0.29, 0.717) is 18.0 Å². The van der Waals surface area contributed by atoms with Crippen molar-refractivity contribution in [2.75, 3.05) is 5.32 Å². The average molecular weight is 305 g/mol. The number of hydrogen-bond acceptors (Lipinski definition) is 4. The van der Waals surface area contributed by atoms with Crippen LogP contribution in [0.1, 0.15) is 62.9 Å². The topological polar surface area (TPSA) is 65.8 Å². The number of nitrogens with zero attached hydrogens (tertiary/aromatic N) is 2. The second-order valence-electron chi connectivity index (χ2n) is 5.74. The van der Waals surface area contributed by atoms with Gasteiger partial charge >= 0.3 is 0 Å². The lowest BCUT2D eigenvalue weighted by atomic mass is 9.80. The summed E-state index contributed by atoms with van der Waals surface area (Å²) >= 11 is 1.57. The molecule has 1 heterocycles. The summed E-state index contributed by atoms with van der Waals surface area (Å²) in [6.07, 6.45) is 7.33. The Morgan fingerprint density at radius 1 is 1.33 bits per heavy atom. The maximum absolute atomic E-state index is 12.6. The Morgan fingerprint density at radius 3 is 2.57 bits per heavy atom. The van der Waals surface area contributed by atoms with Crippen LogP contribution in [0.5, 0.6) is 0 Å². The number of aryl methyl sites for hydroxylation is 2. The van der Waals surface area contributed by atoms with Crippen molar-refractivity contribution in [3.8, 4) is 6.07 Å². The largest absolute Gasteiger partial charge is 0.301 e. The Morgan fingerprint density at radius 2 is 2.00 bits per heavy atom. The number of rotatable bonds is 6. The van der Waals surface area contributed by atoms with Crippen molar-refractivity contribution in [1.29, 1.82) is 5.26 Å². The van der Waals surface area contributed by atoms with E-state index in [1.54, 1.807) is 11.3 Å². The van der Waals surface area contributed by atoms with E-state index in [9.17, 15) is 10.1 Å². The van der Waals surface area contributed by atoms with Gasteiger partial charge < -0.3 is 5.32 Å². The maximum Gasteiger partial charge on any atom is 0.246 e. The van der Waals surface area contributed by atoms with Crippen molar-refractivity contribution in [2.24, 2.45) is 5.41 Å². The first-order valence-electron chi connectivity index (χ1n) is 7.86. The quantitative estimate of drug-likeness (QED) is 0.861. The van der Waals surface area contributed by atoms with Crippen LogP contribution in [0, 0.1) is 16.7 Å². The molecular weight excluding hydrogens is 282 g/mol. The number of anilines is 1. The molecule has 1 amide bonds. The molecule has 0 unspecified atom stereocenters. The molecule has 0 radical (unpaired) electrons. The Balaban J connectivity index is 2.14. The van der Waals surface area contributed by atoms with Gasteiger partial charge in [-0.3, -0.25) is 4.79 Å². The molecule has 5 heteroatoms. The first-order chi connectivity index (χ1) is 10.1. The molecule has 1 aliphatic carbocycles. The van der Waals surface area contributed by atoms with Crippen LogP contribution < -0.4 is 5.32 Å². The van der Waals surface area contributed by atoms with Gasteiger partial charge in [0.1, 0.15) is 5.41 Å². The van der Waals surface area contributed by atoms with Gasteiger partial charge in [-0.2, -0.15) is 5.26 Å². The molecule has 4 nitrogen and oxygen atoms in total. The highest BCUT2D eigenvalue weighted by molar-refractivity contribution is 7.15. The predicted octanol–water partition coefficient (Wildman–Crippen LogP) is 4.07. The van der Waals surface area contributed by atoms with Gasteiger partial charge in [0.2, 0.25) is 5.91 Å². The molecule has 1 aromatic heterocycles. The van der Waals surface area contributed by atoms with Crippen LogP contribution in [0.3, 0.4) is 0 Å².